The van der Waals surface area contributed by atoms with Crippen LogP contribution >= 0.6 is 0 Å². The number of rotatable bonds is 7. The van der Waals surface area contributed by atoms with Crippen LogP contribution in [0.5, 0.6) is 11.5 Å². The van der Waals surface area contributed by atoms with Crippen LogP contribution in [-0.2, 0) is 0 Å². The predicted molar refractivity (Wildman–Crippen MR) is 319 cm³/mol. The first-order chi connectivity index (χ1) is 38.2. The maximum absolute atomic E-state index is 7.48. The summed E-state index contributed by atoms with van der Waals surface area (Å²) in [6.07, 6.45) is 0. The van der Waals surface area contributed by atoms with Crippen LogP contribution in [0.25, 0.3) is 111 Å². The van der Waals surface area contributed by atoms with Gasteiger partial charge in [0.2, 0.25) is 0 Å². The van der Waals surface area contributed by atoms with Crippen LogP contribution < -0.4 is 26.0 Å². The smallest absolute Gasteiger partial charge is 0.256 e. The maximum Gasteiger partial charge on any atom is 0.256 e. The zero-order valence-corrected chi connectivity index (χ0v) is 41.7. The van der Waals surface area contributed by atoms with Gasteiger partial charge in [0.25, 0.3) is 6.71 Å². The summed E-state index contributed by atoms with van der Waals surface area (Å²) < 4.78 is 21.0. The molecule has 5 heteroatoms. The number of fused-ring (bicyclic) bond motifs is 10. The van der Waals surface area contributed by atoms with Gasteiger partial charge in [0, 0.05) is 60.7 Å². The fourth-order valence-corrected chi connectivity index (χ4v) is 12.5. The molecule has 16 rings (SSSR count). The molecule has 0 atom stereocenters. The number of furan rings is 2. The van der Waals surface area contributed by atoms with Gasteiger partial charge in [-0.3, -0.25) is 0 Å². The van der Waals surface area contributed by atoms with E-state index in [4.69, 9.17) is 13.6 Å². The van der Waals surface area contributed by atoms with Gasteiger partial charge in [-0.2, -0.15) is 0 Å². The summed E-state index contributed by atoms with van der Waals surface area (Å²) in [6, 6.07) is 96.0. The van der Waals surface area contributed by atoms with E-state index >= 15 is 0 Å². The Kier molecular flexibility index (Phi) is 9.70. The second-order valence-electron chi connectivity index (χ2n) is 20.2. The van der Waals surface area contributed by atoms with E-state index in [0.717, 1.165) is 156 Å². The largest absolute Gasteiger partial charge is 0.458 e. The summed E-state index contributed by atoms with van der Waals surface area (Å²) in [6.45, 7) is -0.257. The lowest BCUT2D eigenvalue weighted by molar-refractivity contribution is 0.489. The molecule has 2 aliphatic heterocycles. The molecule has 0 spiro atoms. The first-order valence-electron chi connectivity index (χ1n) is 26.3. The fraction of sp³-hybridized carbons (Fsp3) is 0. The fourth-order valence-electron chi connectivity index (χ4n) is 12.5. The van der Waals surface area contributed by atoms with Crippen LogP contribution in [0.3, 0.4) is 0 Å². The van der Waals surface area contributed by atoms with Gasteiger partial charge in [-0.1, -0.05) is 218 Å². The molecule has 0 radical (unpaired) electrons. The van der Waals surface area contributed by atoms with Crippen molar-refractivity contribution in [2.45, 2.75) is 0 Å². The molecule has 2 aliphatic rings. The third-order valence-corrected chi connectivity index (χ3v) is 15.9. The summed E-state index contributed by atoms with van der Waals surface area (Å²) in [5.41, 5.74) is 23.2. The van der Waals surface area contributed by atoms with Crippen LogP contribution in [0.15, 0.2) is 276 Å². The van der Waals surface area contributed by atoms with Crippen molar-refractivity contribution in [3.63, 3.8) is 0 Å². The highest BCUT2D eigenvalue weighted by Crippen LogP contribution is 2.52. The van der Waals surface area contributed by atoms with Crippen LogP contribution in [-0.4, -0.2) is 6.71 Å². The molecular weight excluding hydrogens is 938 g/mol. The summed E-state index contributed by atoms with van der Waals surface area (Å²) in [4.78, 5) is 2.54. The van der Waals surface area contributed by atoms with Crippen LogP contribution in [0, 0.1) is 0 Å². The monoisotopic (exact) mass is 981 g/mol. The number of anilines is 3. The first-order valence-corrected chi connectivity index (χ1v) is 26.3. The molecule has 0 aliphatic carbocycles. The Morgan fingerprint density at radius 3 is 1.34 bits per heavy atom. The van der Waals surface area contributed by atoms with Gasteiger partial charge in [0.05, 0.1) is 5.69 Å². The van der Waals surface area contributed by atoms with Crippen molar-refractivity contribution in [1.82, 2.24) is 0 Å². The van der Waals surface area contributed by atoms with Crippen LogP contribution in [0.4, 0.5) is 17.1 Å². The Morgan fingerprint density at radius 2 is 0.766 bits per heavy atom. The van der Waals surface area contributed by atoms with Crippen molar-refractivity contribution in [1.29, 1.82) is 0 Å². The molecule has 0 N–H and O–H groups in total. The van der Waals surface area contributed by atoms with Crippen molar-refractivity contribution in [2.24, 2.45) is 0 Å². The van der Waals surface area contributed by atoms with E-state index < -0.39 is 0 Å². The van der Waals surface area contributed by atoms with Gasteiger partial charge in [-0.05, 0) is 104 Å². The molecule has 358 valence electrons. The van der Waals surface area contributed by atoms with E-state index in [9.17, 15) is 0 Å². The molecule has 14 aromatic rings. The lowest BCUT2D eigenvalue weighted by Crippen LogP contribution is -2.59. The van der Waals surface area contributed by atoms with Gasteiger partial charge in [0.15, 0.2) is 0 Å². The van der Waals surface area contributed by atoms with Gasteiger partial charge >= 0.3 is 0 Å². The molecule has 4 heterocycles. The summed E-state index contributed by atoms with van der Waals surface area (Å²) in [5, 5.41) is 4.40. The van der Waals surface area contributed by atoms with Crippen molar-refractivity contribution in [3.05, 3.63) is 267 Å². The van der Waals surface area contributed by atoms with E-state index in [0.29, 0.717) is 0 Å². The van der Waals surface area contributed by atoms with E-state index in [2.05, 4.69) is 260 Å². The van der Waals surface area contributed by atoms with Crippen molar-refractivity contribution in [2.75, 3.05) is 4.90 Å². The quantitative estimate of drug-likeness (QED) is 0.149. The molecule has 0 saturated heterocycles. The number of para-hydroxylation sites is 4. The Hall–Kier alpha value is -10.1. The van der Waals surface area contributed by atoms with Crippen LogP contribution in [0.2, 0.25) is 0 Å². The lowest BCUT2D eigenvalue weighted by Gasteiger charge is -2.42. The second-order valence-corrected chi connectivity index (χ2v) is 20.2. The molecule has 12 aromatic carbocycles. The number of ether oxygens (including phenoxy) is 1. The first kappa shape index (κ1) is 43.3. The summed E-state index contributed by atoms with van der Waals surface area (Å²) >= 11 is 0. The Balaban J connectivity index is 1.02. The second kappa shape index (κ2) is 17.2. The third-order valence-electron chi connectivity index (χ3n) is 15.9. The minimum atomic E-state index is -0.257. The van der Waals surface area contributed by atoms with E-state index in [1.165, 1.54) is 0 Å². The maximum atomic E-state index is 7.48. The van der Waals surface area contributed by atoms with Gasteiger partial charge in [0.1, 0.15) is 33.8 Å². The molecule has 0 amide bonds. The average Bonchev–Trinajstić information content (AvgIpc) is 4.22. The minimum Gasteiger partial charge on any atom is -0.458 e. The molecule has 0 saturated carbocycles. The Bertz CT molecular complexity index is 4600. The molecule has 0 fully saturated rings. The number of benzene rings is 12. The summed E-state index contributed by atoms with van der Waals surface area (Å²) in [5.74, 6) is 1.67. The zero-order chi connectivity index (χ0) is 50.6. The minimum absolute atomic E-state index is 0.257. The Morgan fingerprint density at radius 1 is 0.299 bits per heavy atom. The van der Waals surface area contributed by atoms with Gasteiger partial charge < -0.3 is 18.5 Å². The van der Waals surface area contributed by atoms with Crippen molar-refractivity contribution >= 4 is 84.0 Å². The normalized spacial score (nSPS) is 12.5. The number of nitrogens with zero attached hydrogens (tertiary/aromatic N) is 1. The van der Waals surface area contributed by atoms with Gasteiger partial charge in [-0.25, -0.2) is 0 Å². The predicted octanol–water partition coefficient (Wildman–Crippen LogP) is 17.9. The highest BCUT2D eigenvalue weighted by Gasteiger charge is 2.44. The lowest BCUT2D eigenvalue weighted by atomic mass is 9.33. The third kappa shape index (κ3) is 6.80. The van der Waals surface area contributed by atoms with E-state index in [1.807, 2.05) is 12.1 Å². The molecular formula is C72H44BNO3. The molecule has 2 aromatic heterocycles. The molecule has 4 nitrogen and oxygen atoms in total. The highest BCUT2D eigenvalue weighted by molar-refractivity contribution is 6.99. The number of hydrogen-bond acceptors (Lipinski definition) is 4. The molecule has 0 unspecified atom stereocenters. The topological polar surface area (TPSA) is 38.8 Å². The SMILES string of the molecule is c1ccc(-c2cc(-c3ccccc3)c(N3c4ccc(-c5cccc6c5oc5ccccc56)cc4B4c5cc(-c6cccc7c6oc6ccccc67)ccc5Oc5c(-c6ccccc6)ccc3c54)c(-c3ccccc3)c2)cc1. The van der Waals surface area contributed by atoms with Crippen LogP contribution in [0.1, 0.15) is 0 Å². The van der Waals surface area contributed by atoms with E-state index in [1.54, 1.807) is 0 Å². The Labute approximate surface area is 445 Å². The average molecular weight is 982 g/mol. The zero-order valence-electron chi connectivity index (χ0n) is 41.7. The van der Waals surface area contributed by atoms with Crippen molar-refractivity contribution in [3.8, 4) is 78.3 Å². The van der Waals surface area contributed by atoms with Gasteiger partial charge in [-0.15, -0.1) is 0 Å². The molecule has 0 bridgehead atoms. The van der Waals surface area contributed by atoms with Crippen molar-refractivity contribution < 1.29 is 13.6 Å². The standard InChI is InChI=1S/C72H44BNO3/c1-5-19-45(20-6-1)51-41-59(47-23-9-3-10-24-47)69(60(42-51)48-25-11-4-12-26-48)74-63-38-35-49(52-29-17-31-57-55-27-13-15-33-65(55)75-70(52)57)43-61(63)73-62-44-50(53-30-18-32-58-56-28-14-16-34-66(56)76-71(53)58)36-40-67(62)77-72-54(37-39-64(74)68(72)73)46-21-7-2-8-22-46/h1-44H. The van der Waals surface area contributed by atoms with E-state index in [-0.39, 0.29) is 6.71 Å². The molecule has 77 heavy (non-hydrogen) atoms. The number of hydrogen-bond donors (Lipinski definition) is 0. The summed E-state index contributed by atoms with van der Waals surface area (Å²) in [7, 11) is 0. The highest BCUT2D eigenvalue weighted by atomic mass is 16.5.